The molecule has 1 N–H and O–H groups in total. The molecule has 4 aliphatic rings. The van der Waals surface area contributed by atoms with Crippen LogP contribution in [-0.4, -0.2) is 47.0 Å². The Morgan fingerprint density at radius 2 is 1.26 bits per heavy atom. The molecule has 0 saturated carbocycles. The second-order valence-corrected chi connectivity index (χ2v) is 11.7. The molecule has 0 radical (unpaired) electrons. The number of hydrogen-bond donors (Lipinski definition) is 1. The summed E-state index contributed by atoms with van der Waals surface area (Å²) in [4.78, 5) is 66.9. The molecule has 2 bridgehead atoms. The molecule has 8 nitrogen and oxygen atoms in total. The highest BCUT2D eigenvalue weighted by Gasteiger charge is 2.63. The fourth-order valence-corrected chi connectivity index (χ4v) is 6.98. The van der Waals surface area contributed by atoms with E-state index in [1.165, 1.54) is 6.92 Å². The molecule has 1 heterocycles. The van der Waals surface area contributed by atoms with E-state index < -0.39 is 36.4 Å². The van der Waals surface area contributed by atoms with Gasteiger partial charge in [-0.3, -0.25) is 24.1 Å². The second kappa shape index (κ2) is 10.7. The first-order chi connectivity index (χ1) is 20.2. The van der Waals surface area contributed by atoms with Gasteiger partial charge in [0, 0.05) is 23.1 Å². The molecular weight excluding hydrogens is 532 g/mol. The van der Waals surface area contributed by atoms with Crippen molar-refractivity contribution in [1.29, 1.82) is 0 Å². The molecule has 3 aliphatic carbocycles. The first-order valence-corrected chi connectivity index (χ1v) is 14.3. The lowest BCUT2D eigenvalue weighted by molar-refractivity contribution is -0.160. The Morgan fingerprint density at radius 3 is 1.69 bits per heavy atom. The highest BCUT2D eigenvalue weighted by molar-refractivity contribution is 6.10. The zero-order chi connectivity index (χ0) is 29.7. The Hall–Kier alpha value is -4.59. The third-order valence-corrected chi connectivity index (χ3v) is 8.68. The maximum Gasteiger partial charge on any atom is 0.329 e. The molecule has 3 amide bonds. The SMILES string of the molecule is CC(=O)c1ccc(NC(=O)COC(=O)[C@@H](CC(C)C)N2C(=O)[C@@H]3C4c5ccccc5C(c5ccccc54)[C@@H]3C2=O)cc1. The maximum absolute atomic E-state index is 14.1. The van der Waals surface area contributed by atoms with E-state index in [-0.39, 0.29) is 41.8 Å². The van der Waals surface area contributed by atoms with Crippen LogP contribution >= 0.6 is 0 Å². The van der Waals surface area contributed by atoms with Gasteiger partial charge in [0.15, 0.2) is 12.4 Å². The van der Waals surface area contributed by atoms with Crippen LogP contribution in [0.4, 0.5) is 5.69 Å². The third-order valence-electron chi connectivity index (χ3n) is 8.68. The minimum absolute atomic E-state index is 0.0227. The van der Waals surface area contributed by atoms with Crippen LogP contribution in [0.25, 0.3) is 0 Å². The van der Waals surface area contributed by atoms with Crippen LogP contribution < -0.4 is 5.32 Å². The van der Waals surface area contributed by atoms with Crippen LogP contribution in [0.3, 0.4) is 0 Å². The average molecular weight is 565 g/mol. The van der Waals surface area contributed by atoms with E-state index in [9.17, 15) is 24.0 Å². The van der Waals surface area contributed by atoms with Crippen molar-refractivity contribution in [3.8, 4) is 0 Å². The molecule has 214 valence electrons. The minimum atomic E-state index is -1.14. The van der Waals surface area contributed by atoms with Gasteiger partial charge in [-0.2, -0.15) is 0 Å². The number of hydrogen-bond acceptors (Lipinski definition) is 6. The van der Waals surface area contributed by atoms with Crippen molar-refractivity contribution in [3.05, 3.63) is 101 Å². The predicted octanol–water partition coefficient (Wildman–Crippen LogP) is 4.68. The smallest absolute Gasteiger partial charge is 0.329 e. The highest BCUT2D eigenvalue weighted by atomic mass is 16.5. The van der Waals surface area contributed by atoms with Crippen molar-refractivity contribution in [3.63, 3.8) is 0 Å². The van der Waals surface area contributed by atoms with Gasteiger partial charge in [-0.25, -0.2) is 4.79 Å². The number of Topliss-reactive ketones (excluding diaryl/α,β-unsaturated/α-hetero) is 1. The average Bonchev–Trinajstić information content (AvgIpc) is 3.24. The van der Waals surface area contributed by atoms with Gasteiger partial charge >= 0.3 is 5.97 Å². The van der Waals surface area contributed by atoms with E-state index in [0.29, 0.717) is 11.3 Å². The van der Waals surface area contributed by atoms with E-state index in [0.717, 1.165) is 27.2 Å². The number of anilines is 1. The van der Waals surface area contributed by atoms with Crippen molar-refractivity contribution < 1.29 is 28.7 Å². The second-order valence-electron chi connectivity index (χ2n) is 11.7. The van der Waals surface area contributed by atoms with E-state index in [1.54, 1.807) is 24.3 Å². The van der Waals surface area contributed by atoms with Gasteiger partial charge in [0.1, 0.15) is 6.04 Å². The Labute approximate surface area is 244 Å². The van der Waals surface area contributed by atoms with Crippen LogP contribution in [-0.2, 0) is 23.9 Å². The number of rotatable bonds is 8. The zero-order valence-electron chi connectivity index (χ0n) is 23.7. The molecule has 3 atom stereocenters. The summed E-state index contributed by atoms with van der Waals surface area (Å²) in [6.07, 6.45) is 0.221. The number of esters is 1. The molecular formula is C34H32N2O6. The maximum atomic E-state index is 14.1. The van der Waals surface area contributed by atoms with Crippen LogP contribution in [0.1, 0.15) is 71.6 Å². The van der Waals surface area contributed by atoms with Gasteiger partial charge in [-0.05, 0) is 65.8 Å². The number of amides is 3. The molecule has 0 aromatic heterocycles. The quantitative estimate of drug-likeness (QED) is 0.242. The normalized spacial score (nSPS) is 22.3. The van der Waals surface area contributed by atoms with Gasteiger partial charge < -0.3 is 10.1 Å². The number of nitrogens with one attached hydrogen (secondary N) is 1. The molecule has 0 spiro atoms. The molecule has 3 aromatic carbocycles. The summed E-state index contributed by atoms with van der Waals surface area (Å²) in [5, 5.41) is 2.64. The van der Waals surface area contributed by atoms with Gasteiger partial charge in [-0.1, -0.05) is 62.4 Å². The van der Waals surface area contributed by atoms with E-state index in [1.807, 2.05) is 62.4 Å². The van der Waals surface area contributed by atoms with Gasteiger partial charge in [-0.15, -0.1) is 0 Å². The van der Waals surface area contributed by atoms with E-state index >= 15 is 0 Å². The lowest BCUT2D eigenvalue weighted by Crippen LogP contribution is -2.47. The van der Waals surface area contributed by atoms with Crippen LogP contribution in [0, 0.1) is 17.8 Å². The van der Waals surface area contributed by atoms with Crippen LogP contribution in [0.2, 0.25) is 0 Å². The zero-order valence-corrected chi connectivity index (χ0v) is 23.7. The Kier molecular flexibility index (Phi) is 7.01. The molecule has 8 heteroatoms. The molecule has 1 fully saturated rings. The molecule has 1 aliphatic heterocycles. The summed E-state index contributed by atoms with van der Waals surface area (Å²) in [6.45, 7) is 4.69. The van der Waals surface area contributed by atoms with Gasteiger partial charge in [0.05, 0.1) is 11.8 Å². The standard InChI is InChI=1S/C34H32N2O6/c1-18(2)16-26(34(41)42-17-27(38)35-21-14-12-20(13-15-21)19(3)37)36-32(39)30-28-22-8-4-5-9-23(22)29(31(30)33(36)40)25-11-7-6-10-24(25)28/h4-15,18,26,28-31H,16-17H2,1-3H3,(H,35,38)/t26-,28?,29?,30-,31+/m1/s1. The Morgan fingerprint density at radius 1 is 0.786 bits per heavy atom. The summed E-state index contributed by atoms with van der Waals surface area (Å²) in [7, 11) is 0. The molecule has 1 saturated heterocycles. The largest absolute Gasteiger partial charge is 0.454 e. The number of carbonyl (C=O) groups is 5. The molecule has 42 heavy (non-hydrogen) atoms. The third kappa shape index (κ3) is 4.51. The molecule has 7 rings (SSSR count). The topological polar surface area (TPSA) is 110 Å². The molecule has 0 unspecified atom stereocenters. The summed E-state index contributed by atoms with van der Waals surface area (Å²) >= 11 is 0. The summed E-state index contributed by atoms with van der Waals surface area (Å²) in [5.74, 6) is -3.94. The molecule has 3 aromatic rings. The Bertz CT molecular complexity index is 1490. The number of carbonyl (C=O) groups excluding carboxylic acids is 5. The van der Waals surface area contributed by atoms with E-state index in [4.69, 9.17) is 4.74 Å². The van der Waals surface area contributed by atoms with Gasteiger partial charge in [0.25, 0.3) is 5.91 Å². The monoisotopic (exact) mass is 564 g/mol. The Balaban J connectivity index is 1.24. The fourth-order valence-electron chi connectivity index (χ4n) is 6.98. The number of ether oxygens (including phenoxy) is 1. The summed E-state index contributed by atoms with van der Waals surface area (Å²) < 4.78 is 5.41. The number of benzene rings is 3. The number of ketones is 1. The van der Waals surface area contributed by atoms with Crippen molar-refractivity contribution in [2.75, 3.05) is 11.9 Å². The van der Waals surface area contributed by atoms with E-state index in [2.05, 4.69) is 5.32 Å². The number of imide groups is 1. The van der Waals surface area contributed by atoms with Crippen molar-refractivity contribution in [2.45, 2.75) is 45.1 Å². The van der Waals surface area contributed by atoms with Gasteiger partial charge in [0.2, 0.25) is 11.8 Å². The first-order valence-electron chi connectivity index (χ1n) is 14.3. The van der Waals surface area contributed by atoms with Crippen molar-refractivity contribution >= 4 is 35.2 Å². The lowest BCUT2D eigenvalue weighted by Gasteiger charge is -2.45. The fraction of sp³-hybridized carbons (Fsp3) is 0.324. The number of nitrogens with zero attached hydrogens (tertiary/aromatic N) is 1. The summed E-state index contributed by atoms with van der Waals surface area (Å²) in [6, 6.07) is 21.2. The summed E-state index contributed by atoms with van der Waals surface area (Å²) in [5.41, 5.74) is 5.19. The minimum Gasteiger partial charge on any atom is -0.454 e. The number of likely N-dealkylation sites (tertiary alicyclic amines) is 1. The first kappa shape index (κ1) is 27.6. The van der Waals surface area contributed by atoms with Crippen molar-refractivity contribution in [2.24, 2.45) is 17.8 Å². The predicted molar refractivity (Wildman–Crippen MR) is 155 cm³/mol. The van der Waals surface area contributed by atoms with Crippen LogP contribution in [0.15, 0.2) is 72.8 Å². The van der Waals surface area contributed by atoms with Crippen LogP contribution in [0.5, 0.6) is 0 Å². The lowest BCUT2D eigenvalue weighted by atomic mass is 9.55. The van der Waals surface area contributed by atoms with Crippen molar-refractivity contribution in [1.82, 2.24) is 4.90 Å². The highest BCUT2D eigenvalue weighted by Crippen LogP contribution is 2.61.